The van der Waals surface area contributed by atoms with Crippen LogP contribution in [0.3, 0.4) is 0 Å². The molecule has 0 spiro atoms. The highest BCUT2D eigenvalue weighted by molar-refractivity contribution is 5.57. The molecule has 0 fully saturated rings. The fourth-order valence-corrected chi connectivity index (χ4v) is 2.04. The quantitative estimate of drug-likeness (QED) is 0.685. The number of pyridine rings is 1. The molecular weight excluding hydrogens is 148 g/mol. The van der Waals surface area contributed by atoms with Crippen LogP contribution in [0.5, 0.6) is 0 Å². The zero-order valence-electron chi connectivity index (χ0n) is 7.54. The Morgan fingerprint density at radius 2 is 2.42 bits per heavy atom. The normalized spacial score (nSPS) is 26.5. The number of nitrogens with one attached hydrogen (secondary N) is 1. The molecule has 64 valence electrons. The molecule has 0 saturated carbocycles. The second kappa shape index (κ2) is 2.77. The average Bonchev–Trinajstić information content (AvgIpc) is 2.40. The lowest BCUT2D eigenvalue weighted by Gasteiger charge is -2.12. The molecule has 2 unspecified atom stereocenters. The van der Waals surface area contributed by atoms with Crippen LogP contribution in [0.4, 0.5) is 5.69 Å². The molecule has 2 heterocycles. The van der Waals surface area contributed by atoms with Gasteiger partial charge in [0.25, 0.3) is 0 Å². The molecule has 0 amide bonds. The number of nitrogens with zero attached hydrogens (tertiary/aromatic N) is 1. The van der Waals surface area contributed by atoms with E-state index < -0.39 is 0 Å². The van der Waals surface area contributed by atoms with Gasteiger partial charge in [-0.2, -0.15) is 0 Å². The van der Waals surface area contributed by atoms with E-state index >= 15 is 0 Å². The van der Waals surface area contributed by atoms with E-state index in [1.165, 1.54) is 17.7 Å². The Bertz CT molecular complexity index is 283. The molecule has 2 rings (SSSR count). The maximum absolute atomic E-state index is 4.10. The summed E-state index contributed by atoms with van der Waals surface area (Å²) in [6.45, 7) is 4.46. The molecule has 0 radical (unpaired) electrons. The highest BCUT2D eigenvalue weighted by Gasteiger charge is 2.26. The maximum Gasteiger partial charge on any atom is 0.0565 e. The van der Waals surface area contributed by atoms with Crippen LogP contribution in [0.25, 0.3) is 0 Å². The molecule has 1 aromatic rings. The molecular formula is C10H14N2. The first-order valence-electron chi connectivity index (χ1n) is 4.53. The average molecular weight is 162 g/mol. The molecule has 0 aliphatic carbocycles. The van der Waals surface area contributed by atoms with Crippen molar-refractivity contribution in [2.75, 3.05) is 5.32 Å². The second-order valence-electron chi connectivity index (χ2n) is 3.41. The van der Waals surface area contributed by atoms with Crippen molar-refractivity contribution in [3.05, 3.63) is 24.0 Å². The van der Waals surface area contributed by atoms with Gasteiger partial charge in [0.15, 0.2) is 0 Å². The van der Waals surface area contributed by atoms with Gasteiger partial charge in [0.2, 0.25) is 0 Å². The zero-order chi connectivity index (χ0) is 8.55. The van der Waals surface area contributed by atoms with Gasteiger partial charge in [-0.3, -0.25) is 4.98 Å². The van der Waals surface area contributed by atoms with Crippen molar-refractivity contribution < 1.29 is 0 Å². The Hall–Kier alpha value is -1.05. The molecule has 1 aliphatic heterocycles. The van der Waals surface area contributed by atoms with Gasteiger partial charge in [0, 0.05) is 18.2 Å². The van der Waals surface area contributed by atoms with Crippen molar-refractivity contribution in [2.45, 2.75) is 32.2 Å². The van der Waals surface area contributed by atoms with Crippen LogP contribution in [-0.4, -0.2) is 11.0 Å². The van der Waals surface area contributed by atoms with E-state index in [1.54, 1.807) is 0 Å². The van der Waals surface area contributed by atoms with E-state index in [-0.39, 0.29) is 0 Å². The van der Waals surface area contributed by atoms with Crippen molar-refractivity contribution in [3.8, 4) is 0 Å². The van der Waals surface area contributed by atoms with Crippen LogP contribution < -0.4 is 5.32 Å². The summed E-state index contributed by atoms with van der Waals surface area (Å²) in [6, 6.07) is 2.69. The lowest BCUT2D eigenvalue weighted by atomic mass is 9.94. The number of rotatable bonds is 1. The molecule has 0 saturated heterocycles. The molecule has 12 heavy (non-hydrogen) atoms. The van der Waals surface area contributed by atoms with Crippen LogP contribution in [0.15, 0.2) is 18.5 Å². The fourth-order valence-electron chi connectivity index (χ4n) is 2.04. The molecule has 0 bridgehead atoms. The minimum absolute atomic E-state index is 0.564. The number of fused-ring (bicyclic) bond motifs is 1. The summed E-state index contributed by atoms with van der Waals surface area (Å²) in [5.41, 5.74) is 2.65. The fraction of sp³-hybridized carbons (Fsp3) is 0.500. The van der Waals surface area contributed by atoms with Gasteiger partial charge in [0.05, 0.1) is 11.9 Å². The molecule has 0 aromatic carbocycles. The topological polar surface area (TPSA) is 24.9 Å². The van der Waals surface area contributed by atoms with Crippen molar-refractivity contribution in [1.82, 2.24) is 4.98 Å². The van der Waals surface area contributed by atoms with Gasteiger partial charge in [0.1, 0.15) is 0 Å². The van der Waals surface area contributed by atoms with Crippen LogP contribution in [-0.2, 0) is 0 Å². The highest BCUT2D eigenvalue weighted by Crippen LogP contribution is 2.36. The summed E-state index contributed by atoms with van der Waals surface area (Å²) in [4.78, 5) is 4.10. The summed E-state index contributed by atoms with van der Waals surface area (Å²) in [7, 11) is 0. The van der Waals surface area contributed by atoms with Crippen LogP contribution in [0.1, 0.15) is 31.7 Å². The minimum Gasteiger partial charge on any atom is -0.380 e. The van der Waals surface area contributed by atoms with Gasteiger partial charge in [-0.25, -0.2) is 0 Å². The first-order chi connectivity index (χ1) is 5.83. The van der Waals surface area contributed by atoms with Gasteiger partial charge in [-0.15, -0.1) is 0 Å². The summed E-state index contributed by atoms with van der Waals surface area (Å²) in [5, 5.41) is 3.44. The predicted octanol–water partition coefficient (Wildman–Crippen LogP) is 2.39. The highest BCUT2D eigenvalue weighted by atomic mass is 15.0. The summed E-state index contributed by atoms with van der Waals surface area (Å²) in [6.07, 6.45) is 4.99. The molecule has 1 aliphatic rings. The number of hydrogen-bond donors (Lipinski definition) is 1. The van der Waals surface area contributed by atoms with Crippen LogP contribution in [0.2, 0.25) is 0 Å². The van der Waals surface area contributed by atoms with E-state index in [1.807, 2.05) is 12.4 Å². The number of aromatic nitrogens is 1. The van der Waals surface area contributed by atoms with Crippen molar-refractivity contribution >= 4 is 5.69 Å². The third-order valence-electron chi connectivity index (χ3n) is 2.68. The molecule has 2 atom stereocenters. The van der Waals surface area contributed by atoms with Crippen molar-refractivity contribution in [2.24, 2.45) is 0 Å². The van der Waals surface area contributed by atoms with Gasteiger partial charge in [-0.05, 0) is 25.0 Å². The largest absolute Gasteiger partial charge is 0.380 e. The molecule has 2 nitrogen and oxygen atoms in total. The maximum atomic E-state index is 4.10. The van der Waals surface area contributed by atoms with Crippen LogP contribution in [0, 0.1) is 0 Å². The lowest BCUT2D eigenvalue weighted by Crippen LogP contribution is -2.14. The monoisotopic (exact) mass is 162 g/mol. The molecule has 1 N–H and O–H groups in total. The standard InChI is InChI=1S/C10H14N2/c1-3-8-7(2)12-10-6-11-5-4-9(8)10/h4-8,12H,3H2,1-2H3. The Labute approximate surface area is 73.0 Å². The SMILES string of the molecule is CCC1c2ccncc2NC1C. The predicted molar refractivity (Wildman–Crippen MR) is 50.4 cm³/mol. The van der Waals surface area contributed by atoms with E-state index in [2.05, 4.69) is 30.2 Å². The van der Waals surface area contributed by atoms with Gasteiger partial charge < -0.3 is 5.32 Å². The molecule has 1 aromatic heterocycles. The second-order valence-corrected chi connectivity index (χ2v) is 3.41. The third kappa shape index (κ3) is 0.986. The van der Waals surface area contributed by atoms with E-state index in [9.17, 15) is 0 Å². The third-order valence-corrected chi connectivity index (χ3v) is 2.68. The lowest BCUT2D eigenvalue weighted by molar-refractivity contribution is 0.613. The van der Waals surface area contributed by atoms with Gasteiger partial charge in [-0.1, -0.05) is 6.92 Å². The smallest absolute Gasteiger partial charge is 0.0565 e. The summed E-state index contributed by atoms with van der Waals surface area (Å²) < 4.78 is 0. The Morgan fingerprint density at radius 3 is 3.17 bits per heavy atom. The number of anilines is 1. The zero-order valence-corrected chi connectivity index (χ0v) is 7.54. The Kier molecular flexibility index (Phi) is 1.75. The first-order valence-corrected chi connectivity index (χ1v) is 4.53. The van der Waals surface area contributed by atoms with E-state index in [4.69, 9.17) is 0 Å². The van der Waals surface area contributed by atoms with Crippen molar-refractivity contribution in [3.63, 3.8) is 0 Å². The summed E-state index contributed by atoms with van der Waals surface area (Å²) in [5.74, 6) is 0.669. The van der Waals surface area contributed by atoms with E-state index in [0.717, 1.165) is 0 Å². The summed E-state index contributed by atoms with van der Waals surface area (Å²) >= 11 is 0. The van der Waals surface area contributed by atoms with E-state index in [0.29, 0.717) is 12.0 Å². The Morgan fingerprint density at radius 1 is 1.58 bits per heavy atom. The van der Waals surface area contributed by atoms with Crippen molar-refractivity contribution in [1.29, 1.82) is 0 Å². The first kappa shape index (κ1) is 7.59. The number of hydrogen-bond acceptors (Lipinski definition) is 2. The van der Waals surface area contributed by atoms with Gasteiger partial charge >= 0.3 is 0 Å². The van der Waals surface area contributed by atoms with Crippen LogP contribution >= 0.6 is 0 Å². The molecule has 2 heteroatoms. The Balaban J connectivity index is 2.40. The minimum atomic E-state index is 0.564.